The van der Waals surface area contributed by atoms with Gasteiger partial charge in [0.25, 0.3) is 0 Å². The smallest absolute Gasteiger partial charge is 0.410 e. The van der Waals surface area contributed by atoms with Crippen LogP contribution in [0.25, 0.3) is 0 Å². The van der Waals surface area contributed by atoms with E-state index in [1.165, 1.54) is 4.90 Å². The third kappa shape index (κ3) is 6.40. The molecular formula is C13H20ClN3O3. The fourth-order valence-electron chi connectivity index (χ4n) is 1.29. The third-order valence-corrected chi connectivity index (χ3v) is 2.17. The molecule has 2 amide bonds. The van der Waals surface area contributed by atoms with Crippen LogP contribution < -0.4 is 10.1 Å². The minimum Gasteiger partial charge on any atom is -0.410 e. The summed E-state index contributed by atoms with van der Waals surface area (Å²) < 4.78 is 5.07. The highest BCUT2D eigenvalue weighted by atomic mass is 35.5. The van der Waals surface area contributed by atoms with Crippen LogP contribution in [-0.2, 0) is 4.79 Å². The second-order valence-corrected chi connectivity index (χ2v) is 4.57. The molecule has 0 heterocycles. The topological polar surface area (TPSA) is 61.9 Å². The van der Waals surface area contributed by atoms with E-state index in [0.717, 1.165) is 0 Å². The summed E-state index contributed by atoms with van der Waals surface area (Å²) in [7, 11) is 6.86. The normalized spacial score (nSPS) is 9.65. The van der Waals surface area contributed by atoms with Gasteiger partial charge in [-0.1, -0.05) is 0 Å². The Morgan fingerprint density at radius 1 is 1.10 bits per heavy atom. The second-order valence-electron chi connectivity index (χ2n) is 4.57. The number of carbonyl (C=O) groups excluding carboxylic acids is 2. The molecule has 0 fully saturated rings. The lowest BCUT2D eigenvalue weighted by Gasteiger charge is -2.12. The predicted octanol–water partition coefficient (Wildman–Crippen LogP) is 1.67. The Morgan fingerprint density at radius 3 is 2.10 bits per heavy atom. The second kappa shape index (κ2) is 8.39. The zero-order valence-corrected chi connectivity index (χ0v) is 12.9. The highest BCUT2D eigenvalue weighted by molar-refractivity contribution is 5.92. The molecule has 20 heavy (non-hydrogen) atoms. The number of carbonyl (C=O) groups is 2. The Kier molecular flexibility index (Phi) is 7.64. The van der Waals surface area contributed by atoms with E-state index in [1.54, 1.807) is 43.3 Å². The van der Waals surface area contributed by atoms with Crippen LogP contribution in [0.3, 0.4) is 0 Å². The van der Waals surface area contributed by atoms with Crippen LogP contribution in [0, 0.1) is 0 Å². The molecule has 0 aliphatic rings. The minimum absolute atomic E-state index is 0. The summed E-state index contributed by atoms with van der Waals surface area (Å²) in [6, 6.07) is 6.64. The fraction of sp³-hybridized carbons (Fsp3) is 0.385. The van der Waals surface area contributed by atoms with Gasteiger partial charge in [0.15, 0.2) is 0 Å². The highest BCUT2D eigenvalue weighted by Gasteiger charge is 2.07. The molecule has 0 unspecified atom stereocenters. The van der Waals surface area contributed by atoms with E-state index in [1.807, 2.05) is 14.1 Å². The van der Waals surface area contributed by atoms with Crippen molar-refractivity contribution in [3.8, 4) is 5.75 Å². The van der Waals surface area contributed by atoms with Crippen molar-refractivity contribution in [3.63, 3.8) is 0 Å². The lowest BCUT2D eigenvalue weighted by Crippen LogP contribution is -2.27. The monoisotopic (exact) mass is 301 g/mol. The van der Waals surface area contributed by atoms with Crippen molar-refractivity contribution in [1.29, 1.82) is 0 Å². The molecule has 0 radical (unpaired) electrons. The number of halogens is 1. The lowest BCUT2D eigenvalue weighted by molar-refractivity contribution is -0.116. The zero-order valence-electron chi connectivity index (χ0n) is 12.0. The van der Waals surface area contributed by atoms with Crippen LogP contribution in [0.1, 0.15) is 0 Å². The van der Waals surface area contributed by atoms with E-state index < -0.39 is 6.09 Å². The van der Waals surface area contributed by atoms with Crippen molar-refractivity contribution in [3.05, 3.63) is 24.3 Å². The molecule has 0 bridgehead atoms. The van der Waals surface area contributed by atoms with Crippen molar-refractivity contribution < 1.29 is 14.3 Å². The van der Waals surface area contributed by atoms with Gasteiger partial charge >= 0.3 is 6.09 Å². The van der Waals surface area contributed by atoms with Crippen molar-refractivity contribution in [2.24, 2.45) is 0 Å². The standard InChI is InChI=1S/C13H19N3O3.ClH/c1-15(2)9-12(17)14-10-5-7-11(8-6-10)19-13(18)16(3)4;/h5-8H,9H2,1-4H3,(H,14,17);1H. The molecule has 0 spiro atoms. The van der Waals surface area contributed by atoms with Crippen LogP contribution in [0.4, 0.5) is 10.5 Å². The molecule has 0 aliphatic heterocycles. The molecule has 0 saturated heterocycles. The summed E-state index contributed by atoms with van der Waals surface area (Å²) >= 11 is 0. The molecule has 0 saturated carbocycles. The SMILES string of the molecule is CN(C)CC(=O)Nc1ccc(OC(=O)N(C)C)cc1.Cl. The predicted molar refractivity (Wildman–Crippen MR) is 80.6 cm³/mol. The van der Waals surface area contributed by atoms with E-state index in [2.05, 4.69) is 5.32 Å². The Bertz CT molecular complexity index is 447. The molecule has 7 heteroatoms. The number of hydrogen-bond acceptors (Lipinski definition) is 4. The molecule has 1 N–H and O–H groups in total. The van der Waals surface area contributed by atoms with Gasteiger partial charge in [0.2, 0.25) is 5.91 Å². The van der Waals surface area contributed by atoms with Gasteiger partial charge in [-0.2, -0.15) is 0 Å². The number of ether oxygens (including phenoxy) is 1. The van der Waals surface area contributed by atoms with Gasteiger partial charge in [-0.05, 0) is 38.4 Å². The van der Waals surface area contributed by atoms with Crippen LogP contribution in [0.2, 0.25) is 0 Å². The maximum atomic E-state index is 11.5. The maximum absolute atomic E-state index is 11.5. The van der Waals surface area contributed by atoms with Gasteiger partial charge in [0.05, 0.1) is 6.54 Å². The van der Waals surface area contributed by atoms with E-state index in [4.69, 9.17) is 4.74 Å². The number of rotatable bonds is 4. The van der Waals surface area contributed by atoms with Gasteiger partial charge in [-0.3, -0.25) is 4.79 Å². The molecule has 0 aromatic heterocycles. The molecule has 0 aliphatic carbocycles. The van der Waals surface area contributed by atoms with Crippen LogP contribution in [-0.4, -0.2) is 56.5 Å². The highest BCUT2D eigenvalue weighted by Crippen LogP contribution is 2.16. The third-order valence-electron chi connectivity index (χ3n) is 2.17. The van der Waals surface area contributed by atoms with Crippen molar-refractivity contribution in [2.75, 3.05) is 40.1 Å². The first-order chi connectivity index (χ1) is 8.88. The van der Waals surface area contributed by atoms with E-state index >= 15 is 0 Å². The van der Waals surface area contributed by atoms with Crippen LogP contribution in [0.5, 0.6) is 5.75 Å². The van der Waals surface area contributed by atoms with Gasteiger partial charge in [-0.25, -0.2) is 4.79 Å². The fourth-order valence-corrected chi connectivity index (χ4v) is 1.29. The first-order valence-corrected chi connectivity index (χ1v) is 5.82. The molecule has 1 aromatic carbocycles. The summed E-state index contributed by atoms with van der Waals surface area (Å²) in [6.07, 6.45) is -0.440. The molecule has 1 rings (SSSR count). The Balaban J connectivity index is 0.00000361. The Morgan fingerprint density at radius 2 is 1.65 bits per heavy atom. The zero-order chi connectivity index (χ0) is 14.4. The molecule has 6 nitrogen and oxygen atoms in total. The first kappa shape index (κ1) is 18.2. The van der Waals surface area contributed by atoms with Gasteiger partial charge in [0, 0.05) is 19.8 Å². The Hall–Kier alpha value is -1.79. The average molecular weight is 302 g/mol. The number of benzene rings is 1. The van der Waals surface area contributed by atoms with Crippen LogP contribution in [0.15, 0.2) is 24.3 Å². The number of amides is 2. The number of hydrogen-bond donors (Lipinski definition) is 1. The summed E-state index contributed by atoms with van der Waals surface area (Å²) in [4.78, 5) is 26.0. The van der Waals surface area contributed by atoms with Gasteiger partial charge in [0.1, 0.15) is 5.75 Å². The summed E-state index contributed by atoms with van der Waals surface area (Å²) in [5.41, 5.74) is 0.663. The summed E-state index contributed by atoms with van der Waals surface area (Å²) in [5.74, 6) is 0.340. The van der Waals surface area contributed by atoms with Crippen molar-refractivity contribution >= 4 is 30.1 Å². The average Bonchev–Trinajstić information content (AvgIpc) is 2.30. The summed E-state index contributed by atoms with van der Waals surface area (Å²) in [6.45, 7) is 0.317. The molecule has 0 atom stereocenters. The number of nitrogens with zero attached hydrogens (tertiary/aromatic N) is 2. The van der Waals surface area contributed by atoms with E-state index in [9.17, 15) is 9.59 Å². The first-order valence-electron chi connectivity index (χ1n) is 5.82. The quantitative estimate of drug-likeness (QED) is 0.919. The molecular weight excluding hydrogens is 282 g/mol. The summed E-state index contributed by atoms with van der Waals surface area (Å²) in [5, 5.41) is 2.75. The van der Waals surface area contributed by atoms with Crippen molar-refractivity contribution in [1.82, 2.24) is 9.80 Å². The van der Waals surface area contributed by atoms with Gasteiger partial charge in [-0.15, -0.1) is 12.4 Å². The number of likely N-dealkylation sites (N-methyl/N-ethyl adjacent to an activating group) is 1. The maximum Gasteiger partial charge on any atom is 0.414 e. The minimum atomic E-state index is -0.440. The Labute approximate surface area is 125 Å². The van der Waals surface area contributed by atoms with Crippen LogP contribution >= 0.6 is 12.4 Å². The van der Waals surface area contributed by atoms with Crippen molar-refractivity contribution in [2.45, 2.75) is 0 Å². The largest absolute Gasteiger partial charge is 0.414 e. The molecule has 1 aromatic rings. The lowest BCUT2D eigenvalue weighted by atomic mass is 10.3. The van der Waals surface area contributed by atoms with Gasteiger partial charge < -0.3 is 19.9 Å². The van der Waals surface area contributed by atoms with E-state index in [-0.39, 0.29) is 18.3 Å². The number of nitrogens with one attached hydrogen (secondary N) is 1. The number of anilines is 1. The van der Waals surface area contributed by atoms with E-state index in [0.29, 0.717) is 18.0 Å². The molecule has 112 valence electrons.